The summed E-state index contributed by atoms with van der Waals surface area (Å²) in [5.74, 6) is -1.93. The predicted octanol–water partition coefficient (Wildman–Crippen LogP) is 1.13. The second-order valence-electron chi connectivity index (χ2n) is 4.05. The molecule has 1 atom stereocenters. The summed E-state index contributed by atoms with van der Waals surface area (Å²) < 4.78 is 9.10. The van der Waals surface area contributed by atoms with E-state index in [1.807, 2.05) is 5.32 Å². The van der Waals surface area contributed by atoms with E-state index in [9.17, 15) is 19.5 Å². The maximum Gasteiger partial charge on any atom is 0.413 e. The van der Waals surface area contributed by atoms with Gasteiger partial charge in [-0.3, -0.25) is 10.1 Å². The highest BCUT2D eigenvalue weighted by atomic mass is 16.6. The topological polar surface area (TPSA) is 102 Å². The highest BCUT2D eigenvalue weighted by Gasteiger charge is 2.22. The van der Waals surface area contributed by atoms with Gasteiger partial charge in [-0.2, -0.15) is 0 Å². The second kappa shape index (κ2) is 6.55. The van der Waals surface area contributed by atoms with Crippen LogP contribution in [0.5, 0.6) is 5.75 Å². The van der Waals surface area contributed by atoms with Crippen LogP contribution in [0.4, 0.5) is 4.79 Å². The molecule has 1 rings (SSSR count). The molecule has 0 aliphatic carbocycles. The number of aryl methyl sites for hydroxylation is 1. The molecule has 2 N–H and O–H groups in total. The first-order valence-electron chi connectivity index (χ1n) is 5.74. The lowest BCUT2D eigenvalue weighted by Gasteiger charge is -2.13. The summed E-state index contributed by atoms with van der Waals surface area (Å²) in [6.45, 7) is 3.03. The van der Waals surface area contributed by atoms with E-state index < -0.39 is 24.1 Å². The van der Waals surface area contributed by atoms with Crippen LogP contribution in [0, 0.1) is 6.92 Å². The number of alkyl carbamates (subject to hydrolysis) is 1. The van der Waals surface area contributed by atoms with Gasteiger partial charge in [0, 0.05) is 0 Å². The molecule has 0 aromatic heterocycles. The fraction of sp³-hybridized carbons (Fsp3) is 0.308. The third-order valence-corrected chi connectivity index (χ3v) is 2.44. The molecule has 0 heterocycles. The van der Waals surface area contributed by atoms with Crippen molar-refractivity contribution in [3.05, 3.63) is 29.3 Å². The molecule has 20 heavy (non-hydrogen) atoms. The average Bonchev–Trinajstić information content (AvgIpc) is 2.40. The number of hydrogen-bond acceptors (Lipinski definition) is 6. The molecule has 0 spiro atoms. The van der Waals surface area contributed by atoms with Crippen molar-refractivity contribution in [2.45, 2.75) is 20.0 Å². The molecule has 0 saturated heterocycles. The molecule has 1 aromatic carbocycles. The van der Waals surface area contributed by atoms with Crippen LogP contribution in [-0.4, -0.2) is 36.3 Å². The minimum absolute atomic E-state index is 0.0530. The van der Waals surface area contributed by atoms with E-state index in [2.05, 4.69) is 4.74 Å². The van der Waals surface area contributed by atoms with Crippen molar-refractivity contribution in [3.8, 4) is 5.75 Å². The molecule has 0 aliphatic heterocycles. The van der Waals surface area contributed by atoms with Crippen molar-refractivity contribution in [1.29, 1.82) is 0 Å². The summed E-state index contributed by atoms with van der Waals surface area (Å²) in [6.07, 6.45) is -2.15. The van der Waals surface area contributed by atoms with E-state index in [1.54, 1.807) is 13.0 Å². The van der Waals surface area contributed by atoms with E-state index >= 15 is 0 Å². The zero-order valence-electron chi connectivity index (χ0n) is 11.3. The molecule has 0 aliphatic rings. The molecule has 0 unspecified atom stereocenters. The molecule has 1 aromatic rings. The number of imide groups is 1. The monoisotopic (exact) mass is 281 g/mol. The third kappa shape index (κ3) is 3.98. The summed E-state index contributed by atoms with van der Waals surface area (Å²) in [5, 5.41) is 11.4. The Bertz CT molecular complexity index is 540. The molecule has 2 amide bonds. The van der Waals surface area contributed by atoms with Crippen LogP contribution in [0.2, 0.25) is 0 Å². The van der Waals surface area contributed by atoms with Gasteiger partial charge in [-0.15, -0.1) is 0 Å². The largest absolute Gasteiger partial charge is 0.507 e. The molecule has 0 radical (unpaired) electrons. The number of nitrogens with one attached hydrogen (secondary N) is 1. The van der Waals surface area contributed by atoms with Crippen molar-refractivity contribution in [1.82, 2.24) is 5.32 Å². The quantitative estimate of drug-likeness (QED) is 0.805. The number of rotatable bonds is 3. The van der Waals surface area contributed by atoms with Crippen molar-refractivity contribution in [3.63, 3.8) is 0 Å². The van der Waals surface area contributed by atoms with Crippen LogP contribution < -0.4 is 5.32 Å². The maximum absolute atomic E-state index is 11.8. The van der Waals surface area contributed by atoms with Gasteiger partial charge < -0.3 is 14.6 Å². The summed E-state index contributed by atoms with van der Waals surface area (Å²) in [6, 6.07) is 4.41. The van der Waals surface area contributed by atoms with Gasteiger partial charge in [-0.25, -0.2) is 9.59 Å². The highest BCUT2D eigenvalue weighted by Crippen LogP contribution is 2.19. The van der Waals surface area contributed by atoms with Gasteiger partial charge in [-0.05, 0) is 26.0 Å². The van der Waals surface area contributed by atoms with Crippen molar-refractivity contribution in [2.24, 2.45) is 0 Å². The molecule has 108 valence electrons. The third-order valence-electron chi connectivity index (χ3n) is 2.44. The molecule has 0 fully saturated rings. The summed E-state index contributed by atoms with van der Waals surface area (Å²) in [4.78, 5) is 34.1. The number of amides is 2. The van der Waals surface area contributed by atoms with E-state index in [1.165, 1.54) is 19.1 Å². The Labute approximate surface area is 115 Å². The zero-order valence-corrected chi connectivity index (χ0v) is 11.3. The standard InChI is InChI=1S/C13H15NO6/c1-7-4-5-10(15)9(6-7)12(17)20-8(2)11(16)14-13(18)19-3/h4-6,8,15H,1-3H3,(H,14,16,18)/t8-/m1/s1. The van der Waals surface area contributed by atoms with Gasteiger partial charge in [-0.1, -0.05) is 11.6 Å². The first kappa shape index (κ1) is 15.5. The minimum Gasteiger partial charge on any atom is -0.507 e. The number of carbonyl (C=O) groups excluding carboxylic acids is 3. The normalized spacial score (nSPS) is 11.3. The minimum atomic E-state index is -1.21. The van der Waals surface area contributed by atoms with Crippen LogP contribution in [0.3, 0.4) is 0 Å². The molecule has 0 bridgehead atoms. The van der Waals surface area contributed by atoms with E-state index in [0.717, 1.165) is 12.7 Å². The SMILES string of the molecule is COC(=O)NC(=O)[C@@H](C)OC(=O)c1cc(C)ccc1O. The van der Waals surface area contributed by atoms with Crippen molar-refractivity contribution in [2.75, 3.05) is 7.11 Å². The number of hydrogen-bond donors (Lipinski definition) is 2. The Hall–Kier alpha value is -2.57. The fourth-order valence-electron chi connectivity index (χ4n) is 1.34. The molecular weight excluding hydrogens is 266 g/mol. The average molecular weight is 281 g/mol. The Morgan fingerprint density at radius 3 is 2.55 bits per heavy atom. The van der Waals surface area contributed by atoms with Crippen LogP contribution >= 0.6 is 0 Å². The lowest BCUT2D eigenvalue weighted by Crippen LogP contribution is -2.39. The Kier molecular flexibility index (Phi) is 5.08. The number of aromatic hydroxyl groups is 1. The Morgan fingerprint density at radius 1 is 1.30 bits per heavy atom. The molecule has 7 heteroatoms. The lowest BCUT2D eigenvalue weighted by atomic mass is 10.1. The number of methoxy groups -OCH3 is 1. The number of phenols is 1. The van der Waals surface area contributed by atoms with Crippen molar-refractivity contribution >= 4 is 18.0 Å². The lowest BCUT2D eigenvalue weighted by molar-refractivity contribution is -0.128. The summed E-state index contributed by atoms with van der Waals surface area (Å²) >= 11 is 0. The van der Waals surface area contributed by atoms with Crippen LogP contribution in [-0.2, 0) is 14.3 Å². The van der Waals surface area contributed by atoms with Gasteiger partial charge in [0.05, 0.1) is 7.11 Å². The van der Waals surface area contributed by atoms with Gasteiger partial charge in [0.2, 0.25) is 0 Å². The van der Waals surface area contributed by atoms with E-state index in [0.29, 0.717) is 0 Å². The Morgan fingerprint density at radius 2 is 1.95 bits per heavy atom. The predicted molar refractivity (Wildman–Crippen MR) is 68.3 cm³/mol. The Balaban J connectivity index is 2.72. The first-order valence-corrected chi connectivity index (χ1v) is 5.74. The van der Waals surface area contributed by atoms with E-state index in [-0.39, 0.29) is 11.3 Å². The first-order chi connectivity index (χ1) is 9.35. The fourth-order valence-corrected chi connectivity index (χ4v) is 1.34. The van der Waals surface area contributed by atoms with Gasteiger partial charge >= 0.3 is 12.1 Å². The van der Waals surface area contributed by atoms with Crippen LogP contribution in [0.25, 0.3) is 0 Å². The second-order valence-corrected chi connectivity index (χ2v) is 4.05. The number of benzene rings is 1. The van der Waals surface area contributed by atoms with Gasteiger partial charge in [0.1, 0.15) is 11.3 Å². The highest BCUT2D eigenvalue weighted by molar-refractivity contribution is 5.98. The molecule has 7 nitrogen and oxygen atoms in total. The van der Waals surface area contributed by atoms with E-state index in [4.69, 9.17) is 4.74 Å². The van der Waals surface area contributed by atoms with Gasteiger partial charge in [0.15, 0.2) is 6.10 Å². The number of phenolic OH excluding ortho intramolecular Hbond substituents is 1. The van der Waals surface area contributed by atoms with Crippen LogP contribution in [0.15, 0.2) is 18.2 Å². The summed E-state index contributed by atoms with van der Waals surface area (Å²) in [7, 11) is 1.10. The molecular formula is C13H15NO6. The zero-order chi connectivity index (χ0) is 15.3. The number of carbonyl (C=O) groups is 3. The smallest absolute Gasteiger partial charge is 0.413 e. The number of esters is 1. The van der Waals surface area contributed by atoms with Crippen molar-refractivity contribution < 1.29 is 29.0 Å². The molecule has 0 saturated carbocycles. The van der Waals surface area contributed by atoms with Gasteiger partial charge in [0.25, 0.3) is 5.91 Å². The van der Waals surface area contributed by atoms with Crippen LogP contribution in [0.1, 0.15) is 22.8 Å². The number of ether oxygens (including phenoxy) is 2. The summed E-state index contributed by atoms with van der Waals surface area (Å²) in [5.41, 5.74) is 0.698. The maximum atomic E-state index is 11.8.